The predicted octanol–water partition coefficient (Wildman–Crippen LogP) is 0.256. The van der Waals surface area contributed by atoms with Crippen LogP contribution in [0.25, 0.3) is 0 Å². The molecule has 0 aliphatic carbocycles. The van der Waals surface area contributed by atoms with E-state index in [4.69, 9.17) is 5.14 Å². The standard InChI is InChI=1S/C27H31N5O5S/c28-38(36,37)17-23(13-25-26(34)27(35)31-18-30-25)22-9-7-20(8-10-22)2-1-19-3-5-21(6-4-19)15-32-12-11-29-14-24(32)16-33/h3-10,18,23-24,29,33-34H,11-17H2,(H2,28,36,37)(H,30,31,35)/t23-,24-/m0/s1. The van der Waals surface area contributed by atoms with E-state index in [1.54, 1.807) is 24.3 Å². The summed E-state index contributed by atoms with van der Waals surface area (Å²) < 4.78 is 23.7. The van der Waals surface area contributed by atoms with Gasteiger partial charge in [-0.1, -0.05) is 36.1 Å². The first-order valence-corrected chi connectivity index (χ1v) is 14.0. The lowest BCUT2D eigenvalue weighted by Gasteiger charge is -2.35. The van der Waals surface area contributed by atoms with Gasteiger partial charge in [0.25, 0.3) is 5.56 Å². The predicted molar refractivity (Wildman–Crippen MR) is 144 cm³/mol. The summed E-state index contributed by atoms with van der Waals surface area (Å²) in [4.78, 5) is 20.2. The number of aliphatic hydroxyl groups excluding tert-OH is 1. The molecule has 200 valence electrons. The van der Waals surface area contributed by atoms with E-state index in [0.717, 1.165) is 49.2 Å². The fraction of sp³-hybridized carbons (Fsp3) is 0.333. The molecule has 1 aliphatic heterocycles. The molecule has 1 aromatic heterocycles. The average Bonchev–Trinajstić information content (AvgIpc) is 2.90. The van der Waals surface area contributed by atoms with E-state index in [0.29, 0.717) is 5.56 Å². The van der Waals surface area contributed by atoms with Gasteiger partial charge in [-0.25, -0.2) is 18.5 Å². The molecule has 10 nitrogen and oxygen atoms in total. The molecule has 2 atom stereocenters. The van der Waals surface area contributed by atoms with Crippen molar-refractivity contribution in [3.8, 4) is 17.6 Å². The molecule has 0 saturated carbocycles. The highest BCUT2D eigenvalue weighted by molar-refractivity contribution is 7.89. The summed E-state index contributed by atoms with van der Waals surface area (Å²) in [5, 5.41) is 28.2. The fourth-order valence-electron chi connectivity index (χ4n) is 4.47. The Kier molecular flexibility index (Phi) is 8.93. The molecule has 0 unspecified atom stereocenters. The van der Waals surface area contributed by atoms with Crippen molar-refractivity contribution in [3.05, 3.63) is 93.2 Å². The summed E-state index contributed by atoms with van der Waals surface area (Å²) >= 11 is 0. The van der Waals surface area contributed by atoms with Crippen molar-refractivity contribution in [3.63, 3.8) is 0 Å². The van der Waals surface area contributed by atoms with E-state index >= 15 is 0 Å². The lowest BCUT2D eigenvalue weighted by molar-refractivity contribution is 0.0946. The first kappa shape index (κ1) is 27.5. The van der Waals surface area contributed by atoms with Crippen molar-refractivity contribution >= 4 is 10.0 Å². The van der Waals surface area contributed by atoms with Crippen molar-refractivity contribution in [2.75, 3.05) is 32.0 Å². The third-order valence-electron chi connectivity index (χ3n) is 6.53. The second-order valence-electron chi connectivity index (χ2n) is 9.34. The molecule has 4 rings (SSSR count). The van der Waals surface area contributed by atoms with Crippen molar-refractivity contribution < 1.29 is 18.6 Å². The number of aliphatic hydroxyl groups is 1. The van der Waals surface area contributed by atoms with Gasteiger partial charge in [-0.05, 0) is 35.4 Å². The Balaban J connectivity index is 1.45. The maximum absolute atomic E-state index is 11.8. The smallest absolute Gasteiger partial charge is 0.293 e. The van der Waals surface area contributed by atoms with Crippen molar-refractivity contribution in [2.24, 2.45) is 5.14 Å². The Hall–Kier alpha value is -3.53. The van der Waals surface area contributed by atoms with E-state index in [1.165, 1.54) is 0 Å². The van der Waals surface area contributed by atoms with E-state index in [1.807, 2.05) is 24.3 Å². The third-order valence-corrected chi connectivity index (χ3v) is 7.40. The minimum Gasteiger partial charge on any atom is -0.502 e. The number of piperazine rings is 1. The number of hydrogen-bond donors (Lipinski definition) is 5. The highest BCUT2D eigenvalue weighted by atomic mass is 32.2. The molecule has 1 fully saturated rings. The first-order valence-electron chi connectivity index (χ1n) is 12.2. The largest absolute Gasteiger partial charge is 0.502 e. The molecular formula is C27H31N5O5S. The van der Waals surface area contributed by atoms with Crippen molar-refractivity contribution in [2.45, 2.75) is 24.9 Å². The lowest BCUT2D eigenvalue weighted by Crippen LogP contribution is -2.52. The number of aromatic nitrogens is 2. The molecule has 3 aromatic rings. The van der Waals surface area contributed by atoms with Gasteiger partial charge in [0.05, 0.1) is 24.4 Å². The number of rotatable bonds is 8. The van der Waals surface area contributed by atoms with Gasteiger partial charge in [-0.3, -0.25) is 9.69 Å². The van der Waals surface area contributed by atoms with Crippen LogP contribution in [0.4, 0.5) is 0 Å². The van der Waals surface area contributed by atoms with Crippen molar-refractivity contribution in [1.82, 2.24) is 20.2 Å². The molecule has 6 N–H and O–H groups in total. The van der Waals surface area contributed by atoms with E-state index in [-0.39, 0.29) is 30.5 Å². The maximum atomic E-state index is 11.8. The van der Waals surface area contributed by atoms with Gasteiger partial charge in [0.1, 0.15) is 0 Å². The Labute approximate surface area is 221 Å². The zero-order valence-corrected chi connectivity index (χ0v) is 21.6. The number of primary sulfonamides is 1. The molecule has 1 saturated heterocycles. The third kappa shape index (κ3) is 7.50. The SMILES string of the molecule is NS(=O)(=O)C[C@H](Cc1nc[nH]c(=O)c1O)c1ccc(C#Cc2ccc(CN3CCNC[C@H]3CO)cc2)cc1. The van der Waals surface area contributed by atoms with Gasteiger partial charge >= 0.3 is 0 Å². The quantitative estimate of drug-likeness (QED) is 0.256. The van der Waals surface area contributed by atoms with E-state index in [9.17, 15) is 23.4 Å². The molecular weight excluding hydrogens is 506 g/mol. The van der Waals surface area contributed by atoms with Crippen LogP contribution in [-0.2, 0) is 23.0 Å². The van der Waals surface area contributed by atoms with Crippen LogP contribution in [0.1, 0.15) is 33.9 Å². The minimum absolute atomic E-state index is 0.0244. The summed E-state index contributed by atoms with van der Waals surface area (Å²) in [5.41, 5.74) is 2.84. The zero-order chi connectivity index (χ0) is 27.1. The zero-order valence-electron chi connectivity index (χ0n) is 20.8. The van der Waals surface area contributed by atoms with Gasteiger partial charge in [0.15, 0.2) is 0 Å². The molecule has 0 radical (unpaired) electrons. The van der Waals surface area contributed by atoms with Gasteiger partial charge in [-0.2, -0.15) is 0 Å². The highest BCUT2D eigenvalue weighted by Gasteiger charge is 2.22. The number of H-pyrrole nitrogens is 1. The van der Waals surface area contributed by atoms with E-state index < -0.39 is 27.2 Å². The second-order valence-corrected chi connectivity index (χ2v) is 11.0. The summed E-state index contributed by atoms with van der Waals surface area (Å²) in [6.07, 6.45) is 1.18. The maximum Gasteiger partial charge on any atom is 0.293 e. The van der Waals surface area contributed by atoms with Crippen LogP contribution in [0.2, 0.25) is 0 Å². The van der Waals surface area contributed by atoms with Crippen LogP contribution < -0.4 is 16.0 Å². The molecule has 0 amide bonds. The summed E-state index contributed by atoms with van der Waals surface area (Å²) in [6.45, 7) is 3.48. The number of aromatic amines is 1. The number of sulfonamides is 1. The molecule has 11 heteroatoms. The Morgan fingerprint density at radius 1 is 1.11 bits per heavy atom. The van der Waals surface area contributed by atoms with Gasteiger partial charge in [0.2, 0.25) is 15.8 Å². The average molecular weight is 538 g/mol. The number of hydrogen-bond acceptors (Lipinski definition) is 8. The van der Waals surface area contributed by atoms with Crippen LogP contribution in [0.5, 0.6) is 5.75 Å². The monoisotopic (exact) mass is 537 g/mol. The van der Waals surface area contributed by atoms with Crippen LogP contribution in [0, 0.1) is 11.8 Å². The highest BCUT2D eigenvalue weighted by Crippen LogP contribution is 2.24. The van der Waals surface area contributed by atoms with Crippen molar-refractivity contribution in [1.29, 1.82) is 0 Å². The van der Waals surface area contributed by atoms with Crippen LogP contribution in [-0.4, -0.2) is 71.5 Å². The number of nitrogens with zero attached hydrogens (tertiary/aromatic N) is 2. The minimum atomic E-state index is -3.83. The van der Waals surface area contributed by atoms with Gasteiger partial charge in [-0.15, -0.1) is 0 Å². The lowest BCUT2D eigenvalue weighted by atomic mass is 9.94. The second kappa shape index (κ2) is 12.3. The number of nitrogens with two attached hydrogens (primary N) is 1. The van der Waals surface area contributed by atoms with Gasteiger partial charge < -0.3 is 20.5 Å². The van der Waals surface area contributed by atoms with Crippen LogP contribution >= 0.6 is 0 Å². The van der Waals surface area contributed by atoms with Crippen LogP contribution in [0.15, 0.2) is 59.7 Å². The van der Waals surface area contributed by atoms with E-state index in [2.05, 4.69) is 32.0 Å². The summed E-state index contributed by atoms with van der Waals surface area (Å²) in [5.74, 6) is 4.74. The Morgan fingerprint density at radius 2 is 1.76 bits per heavy atom. The van der Waals surface area contributed by atoms with Gasteiger partial charge in [0, 0.05) is 55.7 Å². The first-order chi connectivity index (χ1) is 18.2. The summed E-state index contributed by atoms with van der Waals surface area (Å²) in [7, 11) is -3.83. The molecule has 0 spiro atoms. The molecule has 0 bridgehead atoms. The number of nitrogens with one attached hydrogen (secondary N) is 2. The normalized spacial score (nSPS) is 16.9. The molecule has 2 aromatic carbocycles. The number of benzene rings is 2. The van der Waals surface area contributed by atoms with Crippen LogP contribution in [0.3, 0.4) is 0 Å². The molecule has 1 aliphatic rings. The summed E-state index contributed by atoms with van der Waals surface area (Å²) in [6, 6.07) is 15.2. The number of aromatic hydroxyl groups is 1. The Morgan fingerprint density at radius 3 is 2.39 bits per heavy atom. The topological polar surface area (TPSA) is 162 Å². The Bertz CT molecular complexity index is 1460. The molecule has 38 heavy (non-hydrogen) atoms. The molecule has 2 heterocycles. The fourth-order valence-corrected chi connectivity index (χ4v) is 5.34.